The van der Waals surface area contributed by atoms with Crippen LogP contribution < -0.4 is 22.9 Å². The highest BCUT2D eigenvalue weighted by Gasteiger charge is 2.42. The quantitative estimate of drug-likeness (QED) is 0.315. The number of hydrogen-bond acceptors (Lipinski definition) is 8. The summed E-state index contributed by atoms with van der Waals surface area (Å²) in [4.78, 5) is 31.8. The van der Waals surface area contributed by atoms with E-state index in [0.29, 0.717) is 35.2 Å². The van der Waals surface area contributed by atoms with Crippen molar-refractivity contribution in [3.63, 3.8) is 0 Å². The molecule has 12 heteroatoms. The molecule has 0 bridgehead atoms. The number of fused-ring (bicyclic) bond motifs is 2. The van der Waals surface area contributed by atoms with Gasteiger partial charge in [0.1, 0.15) is 12.2 Å². The zero-order valence-corrected chi connectivity index (χ0v) is 19.3. The van der Waals surface area contributed by atoms with Crippen LogP contribution in [0.2, 0.25) is 0 Å². The highest BCUT2D eigenvalue weighted by Crippen LogP contribution is 2.33. The molecule has 1 aliphatic rings. The van der Waals surface area contributed by atoms with Gasteiger partial charge in [0.25, 0.3) is 0 Å². The van der Waals surface area contributed by atoms with Crippen molar-refractivity contribution >= 4 is 45.8 Å². The Morgan fingerprint density at radius 1 is 0.829 bits per heavy atom. The molecule has 2 amide bonds. The van der Waals surface area contributed by atoms with Crippen LogP contribution in [-0.2, 0) is 22.6 Å². The lowest BCUT2D eigenvalue weighted by molar-refractivity contribution is -0.147. The highest BCUT2D eigenvalue weighted by molar-refractivity contribution is 5.97. The van der Waals surface area contributed by atoms with Crippen LogP contribution in [0.15, 0.2) is 36.4 Å². The number of ether oxygens (including phenoxy) is 2. The molecule has 0 aliphatic carbocycles. The number of nitrogen functional groups attached to an aromatic ring is 2. The first-order chi connectivity index (χ1) is 16.5. The molecule has 2 aromatic heterocycles. The average Bonchev–Trinajstić information content (AvgIpc) is 3.37. The lowest BCUT2D eigenvalue weighted by atomic mass is 10.1. The Morgan fingerprint density at radius 3 is 1.60 bits per heavy atom. The molecular weight excluding hydrogens is 452 g/mol. The van der Waals surface area contributed by atoms with E-state index in [1.165, 1.54) is 0 Å². The zero-order valence-electron chi connectivity index (χ0n) is 19.3. The van der Waals surface area contributed by atoms with Crippen LogP contribution in [0.4, 0.5) is 11.9 Å². The maximum absolute atomic E-state index is 11.5. The molecule has 2 aromatic carbocycles. The first-order valence-corrected chi connectivity index (χ1v) is 11.0. The van der Waals surface area contributed by atoms with Crippen LogP contribution >= 0.6 is 0 Å². The highest BCUT2D eigenvalue weighted by atomic mass is 16.8. The second-order valence-corrected chi connectivity index (χ2v) is 9.01. The van der Waals surface area contributed by atoms with Gasteiger partial charge < -0.3 is 41.5 Å². The number of nitrogens with zero attached hydrogens (tertiary/aromatic N) is 4. The molecule has 0 spiro atoms. The molecule has 4 aromatic rings. The van der Waals surface area contributed by atoms with E-state index >= 15 is 0 Å². The van der Waals surface area contributed by atoms with Crippen molar-refractivity contribution < 1.29 is 19.1 Å². The smallest absolute Gasteiger partial charge is 0.248 e. The fourth-order valence-electron chi connectivity index (χ4n) is 4.57. The molecule has 1 saturated heterocycles. The van der Waals surface area contributed by atoms with Gasteiger partial charge in [-0.2, -0.15) is 0 Å². The Labute approximate surface area is 199 Å². The van der Waals surface area contributed by atoms with Crippen LogP contribution in [0.5, 0.6) is 0 Å². The van der Waals surface area contributed by atoms with E-state index in [2.05, 4.69) is 9.97 Å². The van der Waals surface area contributed by atoms with Gasteiger partial charge in [-0.1, -0.05) is 0 Å². The van der Waals surface area contributed by atoms with Gasteiger partial charge in [0.05, 0.1) is 35.2 Å². The van der Waals surface area contributed by atoms with Crippen molar-refractivity contribution in [1.82, 2.24) is 19.1 Å². The summed E-state index contributed by atoms with van der Waals surface area (Å²) in [6.07, 6.45) is -0.801. The third-order valence-corrected chi connectivity index (χ3v) is 6.13. The number of carbonyl (C=O) groups excluding carboxylic acids is 2. The van der Waals surface area contributed by atoms with Crippen molar-refractivity contribution in [2.75, 3.05) is 11.5 Å². The first-order valence-electron chi connectivity index (χ1n) is 11.0. The molecule has 182 valence electrons. The average molecular weight is 479 g/mol. The number of nitrogens with two attached hydrogens (primary N) is 4. The molecule has 0 radical (unpaired) electrons. The normalized spacial score (nSPS) is 19.5. The predicted octanol–water partition coefficient (Wildman–Crippen LogP) is 0.969. The van der Waals surface area contributed by atoms with Gasteiger partial charge in [-0.15, -0.1) is 0 Å². The summed E-state index contributed by atoms with van der Waals surface area (Å²) in [7, 11) is 0. The van der Waals surface area contributed by atoms with Gasteiger partial charge in [-0.3, -0.25) is 9.59 Å². The molecule has 2 atom stereocenters. The van der Waals surface area contributed by atoms with Gasteiger partial charge in [0.15, 0.2) is 5.79 Å². The Hall–Kier alpha value is -4.16. The molecule has 12 nitrogen and oxygen atoms in total. The minimum atomic E-state index is -0.843. The third-order valence-electron chi connectivity index (χ3n) is 6.13. The summed E-state index contributed by atoms with van der Waals surface area (Å²) < 4.78 is 16.1. The van der Waals surface area contributed by atoms with Crippen molar-refractivity contribution in [2.45, 2.75) is 44.9 Å². The van der Waals surface area contributed by atoms with Gasteiger partial charge in [-0.05, 0) is 50.2 Å². The second kappa shape index (κ2) is 7.96. The topological polar surface area (TPSA) is 192 Å². The zero-order chi connectivity index (χ0) is 25.1. The number of hydrogen-bond donors (Lipinski definition) is 4. The second-order valence-electron chi connectivity index (χ2n) is 9.01. The van der Waals surface area contributed by atoms with E-state index in [1.807, 2.05) is 23.0 Å². The predicted molar refractivity (Wildman–Crippen MR) is 129 cm³/mol. The van der Waals surface area contributed by atoms with Crippen molar-refractivity contribution in [3.05, 3.63) is 47.5 Å². The molecule has 3 heterocycles. The SMILES string of the molecule is CC1(C)OC(Cn2c(N)nc3cc(C(N)=O)ccc32)[C@@H](Cn2c(N)nc3cc(C(N)=O)ccc32)O1. The van der Waals surface area contributed by atoms with E-state index < -0.39 is 29.8 Å². The van der Waals surface area contributed by atoms with Crippen molar-refractivity contribution in [3.8, 4) is 0 Å². The fourth-order valence-corrected chi connectivity index (χ4v) is 4.57. The van der Waals surface area contributed by atoms with E-state index in [1.54, 1.807) is 36.4 Å². The van der Waals surface area contributed by atoms with Gasteiger partial charge in [0, 0.05) is 11.1 Å². The van der Waals surface area contributed by atoms with Crippen molar-refractivity contribution in [2.24, 2.45) is 11.5 Å². The Morgan fingerprint density at radius 2 is 1.23 bits per heavy atom. The molecule has 1 aliphatic heterocycles. The summed E-state index contributed by atoms with van der Waals surface area (Å²) in [5.74, 6) is -1.37. The Kier molecular flexibility index (Phi) is 5.15. The van der Waals surface area contributed by atoms with Gasteiger partial charge >= 0.3 is 0 Å². The molecule has 8 N–H and O–H groups in total. The number of benzene rings is 2. The lowest BCUT2D eigenvalue weighted by Crippen LogP contribution is -2.32. The van der Waals surface area contributed by atoms with E-state index in [0.717, 1.165) is 11.0 Å². The number of carbonyl (C=O) groups is 2. The number of anilines is 2. The van der Waals surface area contributed by atoms with E-state index in [4.69, 9.17) is 32.4 Å². The maximum atomic E-state index is 11.5. The van der Waals surface area contributed by atoms with Crippen LogP contribution in [0, 0.1) is 0 Å². The third kappa shape index (κ3) is 4.02. The van der Waals surface area contributed by atoms with Crippen molar-refractivity contribution in [1.29, 1.82) is 0 Å². The Bertz CT molecular complexity index is 1380. The van der Waals surface area contributed by atoms with E-state index in [-0.39, 0.29) is 11.9 Å². The molecule has 0 saturated carbocycles. The molecule has 5 rings (SSSR count). The summed E-state index contributed by atoms with van der Waals surface area (Å²) in [6.45, 7) is 4.38. The summed E-state index contributed by atoms with van der Waals surface area (Å²) in [6, 6.07) is 9.99. The first kappa shape index (κ1) is 22.6. The summed E-state index contributed by atoms with van der Waals surface area (Å²) in [5.41, 5.74) is 26.5. The number of rotatable bonds is 6. The minimum absolute atomic E-state index is 0.278. The lowest BCUT2D eigenvalue weighted by Gasteiger charge is -2.20. The van der Waals surface area contributed by atoms with Crippen LogP contribution in [0.1, 0.15) is 34.6 Å². The molecule has 35 heavy (non-hydrogen) atoms. The monoisotopic (exact) mass is 478 g/mol. The summed E-state index contributed by atoms with van der Waals surface area (Å²) >= 11 is 0. The van der Waals surface area contributed by atoms with Gasteiger partial charge in [-0.25, -0.2) is 9.97 Å². The standard InChI is InChI=1S/C23H26N8O4/c1-23(2)34-17(9-30-15-5-3-11(19(24)32)7-13(15)28-21(30)26)18(35-23)10-31-16-6-4-12(20(25)33)8-14(16)29-22(31)27/h3-8,17-18H,9-10H2,1-2H3,(H2,24,32)(H2,25,33)(H2,26,28)(H2,27,29)/t17-,18?/m1/s1. The number of aromatic nitrogens is 4. The number of amides is 2. The molecule has 1 fully saturated rings. The fraction of sp³-hybridized carbons (Fsp3) is 0.304. The Balaban J connectivity index is 1.47. The van der Waals surface area contributed by atoms with Crippen LogP contribution in [0.3, 0.4) is 0 Å². The van der Waals surface area contributed by atoms with E-state index in [9.17, 15) is 9.59 Å². The minimum Gasteiger partial charge on any atom is -0.369 e. The summed E-state index contributed by atoms with van der Waals surface area (Å²) in [5, 5.41) is 0. The largest absolute Gasteiger partial charge is 0.369 e. The van der Waals surface area contributed by atoms with Crippen LogP contribution in [0.25, 0.3) is 22.1 Å². The molecular formula is C23H26N8O4. The number of primary amides is 2. The van der Waals surface area contributed by atoms with Gasteiger partial charge in [0.2, 0.25) is 23.7 Å². The molecule has 1 unspecified atom stereocenters. The maximum Gasteiger partial charge on any atom is 0.248 e. The number of imidazole rings is 2. The van der Waals surface area contributed by atoms with Crippen LogP contribution in [-0.4, -0.2) is 48.9 Å².